The van der Waals surface area contributed by atoms with Crippen LogP contribution < -0.4 is 15.4 Å². The minimum absolute atomic E-state index is 0.168. The van der Waals surface area contributed by atoms with Gasteiger partial charge in [0, 0.05) is 11.6 Å². The molecule has 1 unspecified atom stereocenters. The summed E-state index contributed by atoms with van der Waals surface area (Å²) in [6.45, 7) is 0.168. The Morgan fingerprint density at radius 3 is 2.31 bits per heavy atom. The number of carbonyl (C=O) groups is 1. The predicted octanol–water partition coefficient (Wildman–Crippen LogP) is 5.64. The van der Waals surface area contributed by atoms with Gasteiger partial charge < -0.3 is 15.4 Å². The zero-order valence-corrected chi connectivity index (χ0v) is 18.0. The fraction of sp³-hybridized carbons (Fsp3) is 0.208. The first-order chi connectivity index (χ1) is 15.2. The lowest BCUT2D eigenvalue weighted by Crippen LogP contribution is -2.40. The summed E-state index contributed by atoms with van der Waals surface area (Å²) < 4.78 is 43.9. The number of nitrogens with zero attached hydrogens (tertiary/aromatic N) is 1. The van der Waals surface area contributed by atoms with Crippen LogP contribution in [0.2, 0.25) is 5.02 Å². The third-order valence-corrected chi connectivity index (χ3v) is 5.26. The molecule has 8 heteroatoms. The zero-order valence-electron chi connectivity index (χ0n) is 17.3. The van der Waals surface area contributed by atoms with Crippen LogP contribution in [0.15, 0.2) is 72.8 Å². The standard InChI is InChI=1S/C24H22ClF3N2O2/c1-32-21-12-11-19(25)15-20(21)30(23(31)22(29)17-5-3-2-4-6-17)14-13-16-7-9-18(10-8-16)24(26,27)28/h2-12,15,22H,13-14,29H2,1H3. The molecule has 4 nitrogen and oxygen atoms in total. The molecule has 0 spiro atoms. The Labute approximate surface area is 189 Å². The van der Waals surface area contributed by atoms with Crippen LogP contribution in [-0.4, -0.2) is 19.6 Å². The molecule has 0 aliphatic heterocycles. The summed E-state index contributed by atoms with van der Waals surface area (Å²) in [6, 6.07) is 17.7. The number of halogens is 4. The molecule has 0 bridgehead atoms. The maximum atomic E-state index is 13.4. The second-order valence-corrected chi connectivity index (χ2v) is 7.58. The molecule has 3 aromatic rings. The van der Waals surface area contributed by atoms with Crippen molar-refractivity contribution < 1.29 is 22.7 Å². The lowest BCUT2D eigenvalue weighted by molar-refractivity contribution is -0.137. The normalized spacial score (nSPS) is 12.3. The Bertz CT molecular complexity index is 1060. The van der Waals surface area contributed by atoms with Gasteiger partial charge in [-0.3, -0.25) is 4.79 Å². The number of amides is 1. The van der Waals surface area contributed by atoms with Crippen LogP contribution in [0.3, 0.4) is 0 Å². The molecule has 1 amide bonds. The first kappa shape index (κ1) is 23.6. The maximum absolute atomic E-state index is 13.4. The quantitative estimate of drug-likeness (QED) is 0.494. The number of nitrogens with two attached hydrogens (primary N) is 1. The van der Waals surface area contributed by atoms with Crippen molar-refractivity contribution in [2.45, 2.75) is 18.6 Å². The Balaban J connectivity index is 1.90. The van der Waals surface area contributed by atoms with Crippen LogP contribution in [0.4, 0.5) is 18.9 Å². The molecule has 0 saturated heterocycles. The highest BCUT2D eigenvalue weighted by atomic mass is 35.5. The number of carbonyl (C=O) groups excluding carboxylic acids is 1. The average molecular weight is 463 g/mol. The maximum Gasteiger partial charge on any atom is 0.416 e. The third-order valence-electron chi connectivity index (χ3n) is 5.03. The minimum atomic E-state index is -4.41. The second-order valence-electron chi connectivity index (χ2n) is 7.14. The number of benzene rings is 3. The highest BCUT2D eigenvalue weighted by Crippen LogP contribution is 2.33. The summed E-state index contributed by atoms with van der Waals surface area (Å²) in [6.07, 6.45) is -4.10. The van der Waals surface area contributed by atoms with Gasteiger partial charge in [-0.15, -0.1) is 0 Å². The summed E-state index contributed by atoms with van der Waals surface area (Å²) in [7, 11) is 1.47. The van der Waals surface area contributed by atoms with Gasteiger partial charge in [0.1, 0.15) is 11.8 Å². The van der Waals surface area contributed by atoms with E-state index in [1.165, 1.54) is 24.1 Å². The van der Waals surface area contributed by atoms with Crippen molar-refractivity contribution in [1.29, 1.82) is 0 Å². The average Bonchev–Trinajstić information content (AvgIpc) is 2.79. The number of rotatable bonds is 7. The molecule has 0 heterocycles. The van der Waals surface area contributed by atoms with Crippen molar-refractivity contribution in [3.8, 4) is 5.75 Å². The molecule has 0 fully saturated rings. The summed E-state index contributed by atoms with van der Waals surface area (Å²) >= 11 is 6.17. The highest BCUT2D eigenvalue weighted by molar-refractivity contribution is 6.31. The molecule has 0 aliphatic rings. The molecule has 3 rings (SSSR count). The Hall–Kier alpha value is -3.03. The summed E-state index contributed by atoms with van der Waals surface area (Å²) in [5.41, 5.74) is 7.24. The van der Waals surface area contributed by atoms with Gasteiger partial charge in [-0.2, -0.15) is 13.2 Å². The molecule has 2 N–H and O–H groups in total. The van der Waals surface area contributed by atoms with Crippen LogP contribution >= 0.6 is 11.6 Å². The number of alkyl halides is 3. The first-order valence-electron chi connectivity index (χ1n) is 9.82. The van der Waals surface area contributed by atoms with E-state index in [1.54, 1.807) is 42.5 Å². The molecule has 0 aliphatic carbocycles. The molecular formula is C24H22ClF3N2O2. The van der Waals surface area contributed by atoms with E-state index in [-0.39, 0.29) is 12.5 Å². The molecule has 0 radical (unpaired) electrons. The monoisotopic (exact) mass is 462 g/mol. The third kappa shape index (κ3) is 5.60. The number of hydrogen-bond acceptors (Lipinski definition) is 3. The first-order valence-corrected chi connectivity index (χ1v) is 10.2. The van der Waals surface area contributed by atoms with E-state index in [9.17, 15) is 18.0 Å². The van der Waals surface area contributed by atoms with Gasteiger partial charge in [0.2, 0.25) is 5.91 Å². The zero-order chi connectivity index (χ0) is 23.3. The minimum Gasteiger partial charge on any atom is -0.495 e. The van der Waals surface area contributed by atoms with Gasteiger partial charge in [-0.25, -0.2) is 0 Å². The summed E-state index contributed by atoms with van der Waals surface area (Å²) in [4.78, 5) is 14.8. The SMILES string of the molecule is COc1ccc(Cl)cc1N(CCc1ccc(C(F)(F)F)cc1)C(=O)C(N)c1ccccc1. The lowest BCUT2D eigenvalue weighted by Gasteiger charge is -2.28. The van der Waals surface area contributed by atoms with Gasteiger partial charge in [0.25, 0.3) is 0 Å². The number of anilines is 1. The fourth-order valence-electron chi connectivity index (χ4n) is 3.30. The number of methoxy groups -OCH3 is 1. The van der Waals surface area contributed by atoms with E-state index < -0.39 is 17.8 Å². The van der Waals surface area contributed by atoms with Crippen LogP contribution in [0.5, 0.6) is 5.75 Å². The summed E-state index contributed by atoms with van der Waals surface area (Å²) in [5.74, 6) is 0.0408. The van der Waals surface area contributed by atoms with Crippen LogP contribution in [0, 0.1) is 0 Å². The topological polar surface area (TPSA) is 55.6 Å². The van der Waals surface area contributed by atoms with Crippen LogP contribution in [0.1, 0.15) is 22.7 Å². The molecule has 0 saturated carbocycles. The Kier molecular flexibility index (Phi) is 7.43. The fourth-order valence-corrected chi connectivity index (χ4v) is 3.46. The van der Waals surface area contributed by atoms with Crippen molar-refractivity contribution >= 4 is 23.2 Å². The second kappa shape index (κ2) is 10.1. The van der Waals surface area contributed by atoms with Crippen molar-refractivity contribution in [2.24, 2.45) is 5.73 Å². The van der Waals surface area contributed by atoms with E-state index in [0.29, 0.717) is 34.0 Å². The lowest BCUT2D eigenvalue weighted by atomic mass is 10.0. The molecule has 168 valence electrons. The van der Waals surface area contributed by atoms with E-state index >= 15 is 0 Å². The smallest absolute Gasteiger partial charge is 0.416 e. The van der Waals surface area contributed by atoms with Crippen LogP contribution in [-0.2, 0) is 17.4 Å². The summed E-state index contributed by atoms with van der Waals surface area (Å²) in [5, 5.41) is 0.404. The van der Waals surface area contributed by atoms with Crippen molar-refractivity contribution in [2.75, 3.05) is 18.6 Å². The molecule has 1 atom stereocenters. The molecule has 32 heavy (non-hydrogen) atoms. The molecule has 3 aromatic carbocycles. The number of hydrogen-bond donors (Lipinski definition) is 1. The highest BCUT2D eigenvalue weighted by Gasteiger charge is 2.30. The van der Waals surface area contributed by atoms with Crippen LogP contribution in [0.25, 0.3) is 0 Å². The van der Waals surface area contributed by atoms with Gasteiger partial charge in [-0.05, 0) is 47.9 Å². The predicted molar refractivity (Wildman–Crippen MR) is 119 cm³/mol. The van der Waals surface area contributed by atoms with E-state index in [2.05, 4.69) is 0 Å². The molecular weight excluding hydrogens is 441 g/mol. The van der Waals surface area contributed by atoms with Crippen molar-refractivity contribution in [3.63, 3.8) is 0 Å². The molecule has 0 aromatic heterocycles. The van der Waals surface area contributed by atoms with Crippen molar-refractivity contribution in [1.82, 2.24) is 0 Å². The Morgan fingerprint density at radius 1 is 1.06 bits per heavy atom. The van der Waals surface area contributed by atoms with E-state index in [1.807, 2.05) is 6.07 Å². The van der Waals surface area contributed by atoms with E-state index in [0.717, 1.165) is 12.1 Å². The number of ether oxygens (including phenoxy) is 1. The largest absolute Gasteiger partial charge is 0.495 e. The van der Waals surface area contributed by atoms with E-state index in [4.69, 9.17) is 22.1 Å². The Morgan fingerprint density at radius 2 is 1.72 bits per heavy atom. The van der Waals surface area contributed by atoms with Gasteiger partial charge in [0.15, 0.2) is 0 Å². The van der Waals surface area contributed by atoms with Gasteiger partial charge in [-0.1, -0.05) is 54.1 Å². The van der Waals surface area contributed by atoms with Crippen molar-refractivity contribution in [3.05, 3.63) is 94.5 Å². The van der Waals surface area contributed by atoms with Gasteiger partial charge in [0.05, 0.1) is 18.4 Å². The van der Waals surface area contributed by atoms with Gasteiger partial charge >= 0.3 is 6.18 Å².